The Morgan fingerprint density at radius 1 is 1.59 bits per heavy atom. The molecule has 0 aliphatic heterocycles. The first kappa shape index (κ1) is 11.4. The number of fused-ring (bicyclic) bond motifs is 1. The van der Waals surface area contributed by atoms with Crippen molar-refractivity contribution in [3.05, 3.63) is 29.7 Å². The number of pyridine rings is 1. The molecule has 2 aromatic heterocycles. The van der Waals surface area contributed by atoms with Crippen LogP contribution in [0.1, 0.15) is 17.8 Å². The molecule has 1 N–H and O–H groups in total. The van der Waals surface area contributed by atoms with Gasteiger partial charge in [0.15, 0.2) is 11.4 Å². The normalized spacial score (nSPS) is 10.7. The van der Waals surface area contributed by atoms with E-state index in [0.29, 0.717) is 12.2 Å². The summed E-state index contributed by atoms with van der Waals surface area (Å²) in [5, 5.41) is 8.72. The maximum absolute atomic E-state index is 10.6. The molecule has 0 fully saturated rings. The highest BCUT2D eigenvalue weighted by Gasteiger charge is 2.12. The van der Waals surface area contributed by atoms with Crippen molar-refractivity contribution >= 4 is 11.6 Å². The minimum absolute atomic E-state index is 0.103. The molecule has 5 nitrogen and oxygen atoms in total. The van der Waals surface area contributed by atoms with Crippen LogP contribution in [0.4, 0.5) is 0 Å². The van der Waals surface area contributed by atoms with Gasteiger partial charge in [-0.15, -0.1) is 0 Å². The lowest BCUT2D eigenvalue weighted by Crippen LogP contribution is -2.01. The Hall–Kier alpha value is -2.04. The molecule has 2 heterocycles. The number of hydrogen-bond donors (Lipinski definition) is 1. The predicted molar refractivity (Wildman–Crippen MR) is 62.4 cm³/mol. The standard InChI is InChI=1S/C12H14N2O3/c1-8-9(5-6-11(15)16)14-7-3-4-10(17-2)12(14)13-8/h3-4,7H,5-6H2,1-2H3,(H,15,16). The third kappa shape index (κ3) is 2.08. The predicted octanol–water partition coefficient (Wildman–Crippen LogP) is 1.67. The molecule has 17 heavy (non-hydrogen) atoms. The van der Waals surface area contributed by atoms with Crippen LogP contribution in [0.3, 0.4) is 0 Å². The molecular formula is C12H14N2O3. The number of carboxylic acids is 1. The number of carboxylic acid groups (broad SMARTS) is 1. The van der Waals surface area contributed by atoms with Crippen molar-refractivity contribution in [3.63, 3.8) is 0 Å². The molecule has 5 heteroatoms. The Kier molecular flexibility index (Phi) is 2.99. The number of aromatic nitrogens is 2. The second-order valence-electron chi connectivity index (χ2n) is 3.81. The van der Waals surface area contributed by atoms with E-state index in [1.807, 2.05) is 29.7 Å². The summed E-state index contributed by atoms with van der Waals surface area (Å²) < 4.78 is 7.11. The zero-order chi connectivity index (χ0) is 12.4. The van der Waals surface area contributed by atoms with Crippen molar-refractivity contribution in [2.75, 3.05) is 7.11 Å². The smallest absolute Gasteiger partial charge is 0.303 e. The van der Waals surface area contributed by atoms with Gasteiger partial charge < -0.3 is 14.2 Å². The van der Waals surface area contributed by atoms with Gasteiger partial charge in [-0.05, 0) is 19.1 Å². The molecule has 0 atom stereocenters. The molecule has 0 aliphatic carbocycles. The Morgan fingerprint density at radius 3 is 3.00 bits per heavy atom. The zero-order valence-corrected chi connectivity index (χ0v) is 9.80. The number of aryl methyl sites for hydroxylation is 2. The van der Waals surface area contributed by atoms with Crippen molar-refractivity contribution in [2.24, 2.45) is 0 Å². The lowest BCUT2D eigenvalue weighted by Gasteiger charge is -2.03. The summed E-state index contributed by atoms with van der Waals surface area (Å²) in [4.78, 5) is 15.0. The second-order valence-corrected chi connectivity index (χ2v) is 3.81. The van der Waals surface area contributed by atoms with Crippen molar-refractivity contribution in [1.82, 2.24) is 9.38 Å². The van der Waals surface area contributed by atoms with Gasteiger partial charge in [-0.3, -0.25) is 4.79 Å². The lowest BCUT2D eigenvalue weighted by molar-refractivity contribution is -0.136. The second kappa shape index (κ2) is 4.45. The van der Waals surface area contributed by atoms with Gasteiger partial charge in [-0.1, -0.05) is 0 Å². The van der Waals surface area contributed by atoms with Crippen LogP contribution < -0.4 is 4.74 Å². The molecule has 0 spiro atoms. The SMILES string of the molecule is COc1cccn2c(CCC(=O)O)c(C)nc12. The van der Waals surface area contributed by atoms with Crippen molar-refractivity contribution in [2.45, 2.75) is 19.8 Å². The quantitative estimate of drug-likeness (QED) is 0.874. The summed E-state index contributed by atoms with van der Waals surface area (Å²) in [6, 6.07) is 3.69. The largest absolute Gasteiger partial charge is 0.493 e. The highest BCUT2D eigenvalue weighted by molar-refractivity contribution is 5.67. The minimum Gasteiger partial charge on any atom is -0.493 e. The maximum Gasteiger partial charge on any atom is 0.303 e. The number of nitrogens with zero attached hydrogens (tertiary/aromatic N) is 2. The number of ether oxygens (including phenoxy) is 1. The van der Waals surface area contributed by atoms with Crippen LogP contribution >= 0.6 is 0 Å². The fourth-order valence-electron chi connectivity index (χ4n) is 1.89. The van der Waals surface area contributed by atoms with Crippen LogP contribution in [0.5, 0.6) is 5.75 Å². The van der Waals surface area contributed by atoms with E-state index in [2.05, 4.69) is 4.98 Å². The molecule has 2 rings (SSSR count). The van der Waals surface area contributed by atoms with Gasteiger partial charge in [0.25, 0.3) is 0 Å². The van der Waals surface area contributed by atoms with Gasteiger partial charge in [0, 0.05) is 18.3 Å². The van der Waals surface area contributed by atoms with E-state index >= 15 is 0 Å². The van der Waals surface area contributed by atoms with Gasteiger partial charge in [0.2, 0.25) is 0 Å². The minimum atomic E-state index is -0.803. The molecule has 0 aliphatic rings. The molecule has 0 amide bonds. The summed E-state index contributed by atoms with van der Waals surface area (Å²) in [6.45, 7) is 1.88. The van der Waals surface area contributed by atoms with Crippen LogP contribution in [-0.2, 0) is 11.2 Å². The van der Waals surface area contributed by atoms with E-state index in [-0.39, 0.29) is 6.42 Å². The molecule has 0 saturated carbocycles. The first-order valence-electron chi connectivity index (χ1n) is 5.36. The first-order chi connectivity index (χ1) is 8.13. The number of rotatable bonds is 4. The van der Waals surface area contributed by atoms with Gasteiger partial charge >= 0.3 is 5.97 Å². The average molecular weight is 234 g/mol. The third-order valence-corrected chi connectivity index (χ3v) is 2.71. The number of carbonyl (C=O) groups is 1. The molecule has 2 aromatic rings. The Bertz CT molecular complexity index is 560. The van der Waals surface area contributed by atoms with Crippen LogP contribution in [0, 0.1) is 6.92 Å². The van der Waals surface area contributed by atoms with Crippen LogP contribution in [0.2, 0.25) is 0 Å². The monoisotopic (exact) mass is 234 g/mol. The van der Waals surface area contributed by atoms with E-state index < -0.39 is 5.97 Å². The maximum atomic E-state index is 10.6. The Morgan fingerprint density at radius 2 is 2.35 bits per heavy atom. The number of hydrogen-bond acceptors (Lipinski definition) is 3. The van der Waals surface area contributed by atoms with Gasteiger partial charge in [-0.2, -0.15) is 0 Å². The molecule has 0 saturated heterocycles. The molecular weight excluding hydrogens is 220 g/mol. The topological polar surface area (TPSA) is 63.8 Å². The average Bonchev–Trinajstić information content (AvgIpc) is 2.62. The third-order valence-electron chi connectivity index (χ3n) is 2.71. The summed E-state index contributed by atoms with van der Waals surface area (Å²) in [5.74, 6) is -0.112. The molecule has 0 radical (unpaired) electrons. The fourth-order valence-corrected chi connectivity index (χ4v) is 1.89. The molecule has 0 unspecified atom stereocenters. The summed E-state index contributed by atoms with van der Waals surface area (Å²) in [5.41, 5.74) is 2.49. The number of imidazole rings is 1. The Labute approximate surface area is 98.7 Å². The van der Waals surface area contributed by atoms with Crippen LogP contribution in [-0.4, -0.2) is 27.6 Å². The lowest BCUT2D eigenvalue weighted by atomic mass is 10.2. The number of aliphatic carboxylic acids is 1. The summed E-state index contributed by atoms with van der Waals surface area (Å²) in [6.07, 6.45) is 2.44. The van der Waals surface area contributed by atoms with Gasteiger partial charge in [0.05, 0.1) is 19.2 Å². The number of methoxy groups -OCH3 is 1. The zero-order valence-electron chi connectivity index (χ0n) is 9.80. The van der Waals surface area contributed by atoms with Crippen molar-refractivity contribution in [1.29, 1.82) is 0 Å². The van der Waals surface area contributed by atoms with E-state index in [0.717, 1.165) is 17.0 Å². The van der Waals surface area contributed by atoms with E-state index in [1.54, 1.807) is 7.11 Å². The summed E-state index contributed by atoms with van der Waals surface area (Å²) >= 11 is 0. The molecule has 0 bridgehead atoms. The van der Waals surface area contributed by atoms with E-state index in [1.165, 1.54) is 0 Å². The Balaban J connectivity index is 2.48. The summed E-state index contributed by atoms with van der Waals surface area (Å²) in [7, 11) is 1.59. The van der Waals surface area contributed by atoms with Gasteiger partial charge in [-0.25, -0.2) is 4.98 Å². The van der Waals surface area contributed by atoms with Crippen LogP contribution in [0.25, 0.3) is 5.65 Å². The van der Waals surface area contributed by atoms with Gasteiger partial charge in [0.1, 0.15) is 0 Å². The first-order valence-corrected chi connectivity index (χ1v) is 5.36. The highest BCUT2D eigenvalue weighted by Crippen LogP contribution is 2.22. The molecule has 0 aromatic carbocycles. The van der Waals surface area contributed by atoms with Crippen LogP contribution in [0.15, 0.2) is 18.3 Å². The fraction of sp³-hybridized carbons (Fsp3) is 0.333. The molecule has 90 valence electrons. The van der Waals surface area contributed by atoms with E-state index in [9.17, 15) is 4.79 Å². The van der Waals surface area contributed by atoms with Crippen molar-refractivity contribution in [3.8, 4) is 5.75 Å². The van der Waals surface area contributed by atoms with Crippen molar-refractivity contribution < 1.29 is 14.6 Å². The highest BCUT2D eigenvalue weighted by atomic mass is 16.5. The van der Waals surface area contributed by atoms with E-state index in [4.69, 9.17) is 9.84 Å².